The van der Waals surface area contributed by atoms with Crippen LogP contribution in [0.15, 0.2) is 76.7 Å². The molecule has 1 amide bonds. The molecule has 0 aliphatic rings. The highest BCUT2D eigenvalue weighted by molar-refractivity contribution is 8.00. The molecule has 10 heteroatoms. The van der Waals surface area contributed by atoms with Crippen LogP contribution in [0.25, 0.3) is 16.6 Å². The lowest BCUT2D eigenvalue weighted by Gasteiger charge is -2.17. The Morgan fingerprint density at radius 3 is 2.65 bits per heavy atom. The summed E-state index contributed by atoms with van der Waals surface area (Å²) in [5.41, 5.74) is 0.915. The van der Waals surface area contributed by atoms with E-state index in [0.29, 0.717) is 22.2 Å². The summed E-state index contributed by atoms with van der Waals surface area (Å²) in [5.74, 6) is -0.903. The van der Waals surface area contributed by atoms with Crippen molar-refractivity contribution in [1.82, 2.24) is 9.55 Å². The van der Waals surface area contributed by atoms with Crippen LogP contribution >= 0.6 is 11.8 Å². The second kappa shape index (κ2) is 9.44. The van der Waals surface area contributed by atoms with Crippen molar-refractivity contribution < 1.29 is 14.1 Å². The average molecular weight is 479 g/mol. The van der Waals surface area contributed by atoms with E-state index in [1.54, 1.807) is 56.3 Å². The Morgan fingerprint density at radius 2 is 1.91 bits per heavy atom. The minimum absolute atomic E-state index is 0.149. The molecule has 1 heterocycles. The van der Waals surface area contributed by atoms with Crippen LogP contribution in [0.3, 0.4) is 0 Å². The molecule has 0 radical (unpaired) electrons. The molecule has 0 aliphatic carbocycles. The fourth-order valence-corrected chi connectivity index (χ4v) is 4.22. The number of hydrogen-bond donors (Lipinski definition) is 1. The molecule has 1 aromatic heterocycles. The van der Waals surface area contributed by atoms with E-state index in [1.165, 1.54) is 28.8 Å². The molecular formula is C24H19FN4O4S. The topological polar surface area (TPSA) is 107 Å². The van der Waals surface area contributed by atoms with Gasteiger partial charge in [-0.15, -0.1) is 0 Å². The van der Waals surface area contributed by atoms with Gasteiger partial charge in [0.1, 0.15) is 5.82 Å². The van der Waals surface area contributed by atoms with Crippen molar-refractivity contribution in [2.24, 2.45) is 0 Å². The van der Waals surface area contributed by atoms with Gasteiger partial charge in [-0.2, -0.15) is 0 Å². The first-order chi connectivity index (χ1) is 16.2. The van der Waals surface area contributed by atoms with Crippen molar-refractivity contribution >= 4 is 39.9 Å². The van der Waals surface area contributed by atoms with E-state index in [1.807, 2.05) is 0 Å². The van der Waals surface area contributed by atoms with Crippen LogP contribution in [0.4, 0.5) is 15.8 Å². The highest BCUT2D eigenvalue weighted by Crippen LogP contribution is 2.27. The zero-order valence-electron chi connectivity index (χ0n) is 18.2. The zero-order chi connectivity index (χ0) is 24.4. The van der Waals surface area contributed by atoms with Gasteiger partial charge in [0.25, 0.3) is 11.2 Å². The molecule has 0 bridgehead atoms. The summed E-state index contributed by atoms with van der Waals surface area (Å²) < 4.78 is 15.6. The highest BCUT2D eigenvalue weighted by atomic mass is 32.2. The molecule has 3 aromatic carbocycles. The third-order valence-electron chi connectivity index (χ3n) is 5.13. The van der Waals surface area contributed by atoms with Crippen LogP contribution < -0.4 is 10.9 Å². The van der Waals surface area contributed by atoms with Gasteiger partial charge < -0.3 is 5.32 Å². The molecule has 4 aromatic rings. The van der Waals surface area contributed by atoms with Gasteiger partial charge in [-0.3, -0.25) is 24.3 Å². The molecule has 0 spiro atoms. The summed E-state index contributed by atoms with van der Waals surface area (Å²) in [7, 11) is 0. The standard InChI is InChI=1S/C24H19FN4O4S/c1-14-10-11-17(13-20(14)25)28-23(31)19-8-3-4-9-21(19)27-24(28)34-15(2)22(30)26-16-6-5-7-18(12-16)29(32)33/h3-13,15H,1-2H3,(H,26,30). The van der Waals surface area contributed by atoms with Crippen LogP contribution in [-0.4, -0.2) is 25.6 Å². The second-order valence-electron chi connectivity index (χ2n) is 7.54. The van der Waals surface area contributed by atoms with Gasteiger partial charge in [-0.1, -0.05) is 36.0 Å². The van der Waals surface area contributed by atoms with E-state index in [0.717, 1.165) is 11.8 Å². The quantitative estimate of drug-likeness (QED) is 0.184. The van der Waals surface area contributed by atoms with Crippen LogP contribution in [-0.2, 0) is 4.79 Å². The molecule has 1 atom stereocenters. The van der Waals surface area contributed by atoms with Crippen molar-refractivity contribution in [1.29, 1.82) is 0 Å². The van der Waals surface area contributed by atoms with Crippen LogP contribution in [0.5, 0.6) is 0 Å². The number of thioether (sulfide) groups is 1. The van der Waals surface area contributed by atoms with Crippen LogP contribution in [0, 0.1) is 22.9 Å². The Hall–Kier alpha value is -4.05. The second-order valence-corrected chi connectivity index (χ2v) is 8.85. The first-order valence-corrected chi connectivity index (χ1v) is 11.1. The predicted molar refractivity (Wildman–Crippen MR) is 129 cm³/mol. The van der Waals surface area contributed by atoms with Gasteiger partial charge in [0.2, 0.25) is 5.91 Å². The number of para-hydroxylation sites is 1. The molecule has 1 N–H and O–H groups in total. The lowest BCUT2D eigenvalue weighted by atomic mass is 10.2. The molecular weight excluding hydrogens is 459 g/mol. The minimum atomic E-state index is -0.728. The van der Waals surface area contributed by atoms with E-state index in [-0.39, 0.29) is 22.1 Å². The lowest BCUT2D eigenvalue weighted by molar-refractivity contribution is -0.384. The number of fused-ring (bicyclic) bond motifs is 1. The summed E-state index contributed by atoms with van der Waals surface area (Å²) in [4.78, 5) is 41.1. The number of amides is 1. The monoisotopic (exact) mass is 478 g/mol. The summed E-state index contributed by atoms with van der Waals surface area (Å²) in [6.07, 6.45) is 0. The molecule has 0 saturated carbocycles. The van der Waals surface area contributed by atoms with E-state index in [4.69, 9.17) is 0 Å². The SMILES string of the molecule is Cc1ccc(-n2c(SC(C)C(=O)Nc3cccc([N+](=O)[O-])c3)nc3ccccc3c2=O)cc1F. The number of halogens is 1. The summed E-state index contributed by atoms with van der Waals surface area (Å²) in [6.45, 7) is 3.25. The predicted octanol–water partition coefficient (Wildman–Crippen LogP) is 4.86. The molecule has 1 unspecified atom stereocenters. The van der Waals surface area contributed by atoms with E-state index in [2.05, 4.69) is 10.3 Å². The van der Waals surface area contributed by atoms with E-state index in [9.17, 15) is 24.1 Å². The average Bonchev–Trinajstić information content (AvgIpc) is 2.81. The van der Waals surface area contributed by atoms with Gasteiger partial charge in [-0.25, -0.2) is 9.37 Å². The number of anilines is 1. The van der Waals surface area contributed by atoms with Gasteiger partial charge in [-0.05, 0) is 49.7 Å². The number of rotatable bonds is 6. The number of non-ortho nitro benzene ring substituents is 1. The number of hydrogen-bond acceptors (Lipinski definition) is 6. The maximum atomic E-state index is 14.3. The number of nitrogens with one attached hydrogen (secondary N) is 1. The number of benzene rings is 3. The Bertz CT molecular complexity index is 1490. The number of carbonyl (C=O) groups is 1. The van der Waals surface area contributed by atoms with Crippen LogP contribution in [0.2, 0.25) is 0 Å². The number of nitrogens with zero attached hydrogens (tertiary/aromatic N) is 3. The Kier molecular flexibility index (Phi) is 6.42. The summed E-state index contributed by atoms with van der Waals surface area (Å²) in [5, 5.41) is 13.5. The summed E-state index contributed by atoms with van der Waals surface area (Å²) in [6, 6.07) is 16.8. The fourth-order valence-electron chi connectivity index (χ4n) is 3.29. The third kappa shape index (κ3) is 4.67. The van der Waals surface area contributed by atoms with Crippen LogP contribution in [0.1, 0.15) is 12.5 Å². The molecule has 8 nitrogen and oxygen atoms in total. The third-order valence-corrected chi connectivity index (χ3v) is 6.19. The number of nitro benzene ring substituents is 1. The molecule has 0 saturated heterocycles. The van der Waals surface area contributed by atoms with Crippen molar-refractivity contribution in [2.45, 2.75) is 24.3 Å². The maximum absolute atomic E-state index is 14.3. The fraction of sp³-hybridized carbons (Fsp3) is 0.125. The molecule has 4 rings (SSSR count). The molecule has 34 heavy (non-hydrogen) atoms. The first kappa shape index (κ1) is 23.1. The summed E-state index contributed by atoms with van der Waals surface area (Å²) >= 11 is 1.03. The van der Waals surface area contributed by atoms with Gasteiger partial charge in [0.15, 0.2) is 5.16 Å². The zero-order valence-corrected chi connectivity index (χ0v) is 19.0. The normalized spacial score (nSPS) is 11.9. The van der Waals surface area contributed by atoms with Crippen molar-refractivity contribution in [3.63, 3.8) is 0 Å². The molecule has 0 fully saturated rings. The Morgan fingerprint density at radius 1 is 1.15 bits per heavy atom. The Labute approximate surface area is 197 Å². The number of nitro groups is 1. The highest BCUT2D eigenvalue weighted by Gasteiger charge is 2.21. The number of aromatic nitrogens is 2. The maximum Gasteiger partial charge on any atom is 0.271 e. The molecule has 172 valence electrons. The first-order valence-electron chi connectivity index (χ1n) is 10.2. The van der Waals surface area contributed by atoms with E-state index < -0.39 is 21.9 Å². The van der Waals surface area contributed by atoms with Crippen molar-refractivity contribution in [3.8, 4) is 5.69 Å². The van der Waals surface area contributed by atoms with Crippen molar-refractivity contribution in [3.05, 3.63) is 98.6 Å². The largest absolute Gasteiger partial charge is 0.325 e. The lowest BCUT2D eigenvalue weighted by Crippen LogP contribution is -2.26. The number of carbonyl (C=O) groups excluding carboxylic acids is 1. The van der Waals surface area contributed by atoms with Gasteiger partial charge >= 0.3 is 0 Å². The van der Waals surface area contributed by atoms with Gasteiger partial charge in [0, 0.05) is 17.8 Å². The molecule has 0 aliphatic heterocycles. The smallest absolute Gasteiger partial charge is 0.271 e. The van der Waals surface area contributed by atoms with E-state index >= 15 is 0 Å². The van der Waals surface area contributed by atoms with Gasteiger partial charge in [0.05, 0.1) is 26.8 Å². The number of aryl methyl sites for hydroxylation is 1. The van der Waals surface area contributed by atoms with Crippen molar-refractivity contribution in [2.75, 3.05) is 5.32 Å². The Balaban J connectivity index is 1.71. The minimum Gasteiger partial charge on any atom is -0.325 e.